The Labute approximate surface area is 65.7 Å². The van der Waals surface area contributed by atoms with E-state index in [1.54, 1.807) is 0 Å². The van der Waals surface area contributed by atoms with Gasteiger partial charge < -0.3 is 5.73 Å². The molecule has 2 unspecified atom stereocenters. The summed E-state index contributed by atoms with van der Waals surface area (Å²) >= 11 is 5.33. The Hall–Kier alpha value is -0.0800. The van der Waals surface area contributed by atoms with Gasteiger partial charge in [-0.1, -0.05) is 6.42 Å². The third-order valence-electron chi connectivity index (χ3n) is 2.04. The van der Waals surface area contributed by atoms with Crippen LogP contribution in [-0.4, -0.2) is 11.3 Å². The fraction of sp³-hybridized carbons (Fsp3) is 0.857. The van der Waals surface area contributed by atoms with Gasteiger partial charge in [0.15, 0.2) is 0 Å². The summed E-state index contributed by atoms with van der Waals surface area (Å²) in [6.45, 7) is 0. The second-order valence-electron chi connectivity index (χ2n) is 2.93. The first-order valence-corrected chi connectivity index (χ1v) is 4.03. The SMILES string of the molecule is NC1CCCC(C(=O)Cl)C1. The first kappa shape index (κ1) is 8.02. The summed E-state index contributed by atoms with van der Waals surface area (Å²) in [6.07, 6.45) is 3.79. The lowest BCUT2D eigenvalue weighted by atomic mass is 9.87. The molecule has 2 nitrogen and oxygen atoms in total. The third-order valence-corrected chi connectivity index (χ3v) is 2.34. The molecule has 1 rings (SSSR count). The van der Waals surface area contributed by atoms with E-state index in [1.165, 1.54) is 0 Å². The van der Waals surface area contributed by atoms with E-state index in [1.807, 2.05) is 0 Å². The second kappa shape index (κ2) is 3.35. The summed E-state index contributed by atoms with van der Waals surface area (Å²) in [5.74, 6) is 0.0328. The van der Waals surface area contributed by atoms with Crippen molar-refractivity contribution in [2.75, 3.05) is 0 Å². The fourth-order valence-electron chi connectivity index (χ4n) is 1.43. The predicted molar refractivity (Wildman–Crippen MR) is 40.8 cm³/mol. The highest BCUT2D eigenvalue weighted by Gasteiger charge is 2.23. The van der Waals surface area contributed by atoms with Gasteiger partial charge in [-0.3, -0.25) is 4.79 Å². The molecule has 2 atom stereocenters. The van der Waals surface area contributed by atoms with Crippen LogP contribution < -0.4 is 5.73 Å². The largest absolute Gasteiger partial charge is 0.328 e. The molecule has 0 radical (unpaired) electrons. The molecular weight excluding hydrogens is 150 g/mol. The van der Waals surface area contributed by atoms with Crippen molar-refractivity contribution in [1.29, 1.82) is 0 Å². The molecular formula is C7H12ClNO. The van der Waals surface area contributed by atoms with E-state index >= 15 is 0 Å². The maximum Gasteiger partial charge on any atom is 0.224 e. The molecule has 1 saturated carbocycles. The molecule has 2 N–H and O–H groups in total. The van der Waals surface area contributed by atoms with Crippen molar-refractivity contribution in [2.24, 2.45) is 11.7 Å². The fourth-order valence-corrected chi connectivity index (χ4v) is 1.63. The Morgan fingerprint density at radius 2 is 2.20 bits per heavy atom. The molecule has 0 aliphatic heterocycles. The zero-order valence-electron chi connectivity index (χ0n) is 5.85. The Kier molecular flexibility index (Phi) is 2.69. The minimum atomic E-state index is -0.213. The van der Waals surface area contributed by atoms with E-state index in [0.717, 1.165) is 25.7 Å². The van der Waals surface area contributed by atoms with Crippen molar-refractivity contribution in [3.8, 4) is 0 Å². The van der Waals surface area contributed by atoms with Crippen LogP contribution >= 0.6 is 11.6 Å². The van der Waals surface area contributed by atoms with E-state index in [9.17, 15) is 4.79 Å². The Morgan fingerprint density at radius 3 is 2.60 bits per heavy atom. The maximum absolute atomic E-state index is 10.7. The zero-order valence-corrected chi connectivity index (χ0v) is 6.60. The average Bonchev–Trinajstić information content (AvgIpc) is 1.88. The van der Waals surface area contributed by atoms with E-state index in [-0.39, 0.29) is 17.2 Å². The summed E-state index contributed by atoms with van der Waals surface area (Å²) in [7, 11) is 0. The van der Waals surface area contributed by atoms with Gasteiger partial charge in [0.25, 0.3) is 0 Å². The van der Waals surface area contributed by atoms with Gasteiger partial charge in [0.2, 0.25) is 5.24 Å². The first-order chi connectivity index (χ1) is 4.70. The molecule has 10 heavy (non-hydrogen) atoms. The van der Waals surface area contributed by atoms with Crippen LogP contribution in [0.1, 0.15) is 25.7 Å². The standard InChI is InChI=1S/C7H12ClNO/c8-7(10)5-2-1-3-6(9)4-5/h5-6H,1-4,9H2. The maximum atomic E-state index is 10.7. The predicted octanol–water partition coefficient (Wildman–Crippen LogP) is 1.27. The molecule has 0 aromatic rings. The second-order valence-corrected chi connectivity index (χ2v) is 3.30. The van der Waals surface area contributed by atoms with Gasteiger partial charge in [-0.05, 0) is 30.9 Å². The number of carbonyl (C=O) groups is 1. The first-order valence-electron chi connectivity index (χ1n) is 3.65. The molecule has 1 aliphatic carbocycles. The molecule has 3 heteroatoms. The van der Waals surface area contributed by atoms with Crippen molar-refractivity contribution >= 4 is 16.8 Å². The molecule has 1 aliphatic rings. The Balaban J connectivity index is 2.39. The van der Waals surface area contributed by atoms with Crippen LogP contribution in [0.3, 0.4) is 0 Å². The van der Waals surface area contributed by atoms with Gasteiger partial charge >= 0.3 is 0 Å². The highest BCUT2D eigenvalue weighted by molar-refractivity contribution is 6.63. The molecule has 0 bridgehead atoms. The molecule has 0 heterocycles. The molecule has 0 aromatic heterocycles. The average molecular weight is 162 g/mol. The summed E-state index contributed by atoms with van der Waals surface area (Å²) in [5, 5.41) is -0.213. The van der Waals surface area contributed by atoms with Crippen molar-refractivity contribution < 1.29 is 4.79 Å². The topological polar surface area (TPSA) is 43.1 Å². The van der Waals surface area contributed by atoms with E-state index in [0.29, 0.717) is 0 Å². The Morgan fingerprint density at radius 1 is 1.50 bits per heavy atom. The number of halogens is 1. The molecule has 0 aromatic carbocycles. The smallest absolute Gasteiger partial charge is 0.224 e. The van der Waals surface area contributed by atoms with Crippen LogP contribution in [0, 0.1) is 5.92 Å². The molecule has 0 amide bonds. The normalized spacial score (nSPS) is 33.8. The van der Waals surface area contributed by atoms with Crippen LogP contribution in [-0.2, 0) is 4.79 Å². The zero-order chi connectivity index (χ0) is 7.56. The van der Waals surface area contributed by atoms with Gasteiger partial charge in [-0.2, -0.15) is 0 Å². The summed E-state index contributed by atoms with van der Waals surface area (Å²) < 4.78 is 0. The number of rotatable bonds is 1. The third kappa shape index (κ3) is 1.96. The lowest BCUT2D eigenvalue weighted by Gasteiger charge is -2.23. The minimum absolute atomic E-state index is 0.0328. The van der Waals surface area contributed by atoms with E-state index < -0.39 is 0 Å². The molecule has 0 spiro atoms. The highest BCUT2D eigenvalue weighted by Crippen LogP contribution is 2.24. The highest BCUT2D eigenvalue weighted by atomic mass is 35.5. The van der Waals surface area contributed by atoms with Crippen LogP contribution in [0.4, 0.5) is 0 Å². The summed E-state index contributed by atoms with van der Waals surface area (Å²) in [5.41, 5.74) is 5.65. The van der Waals surface area contributed by atoms with Crippen LogP contribution in [0.15, 0.2) is 0 Å². The van der Waals surface area contributed by atoms with Crippen molar-refractivity contribution in [3.63, 3.8) is 0 Å². The quantitative estimate of drug-likeness (QED) is 0.589. The van der Waals surface area contributed by atoms with Crippen molar-refractivity contribution in [2.45, 2.75) is 31.7 Å². The number of nitrogens with two attached hydrogens (primary N) is 1. The lowest BCUT2D eigenvalue weighted by molar-refractivity contribution is -0.116. The van der Waals surface area contributed by atoms with Gasteiger partial charge in [0.05, 0.1) is 0 Å². The van der Waals surface area contributed by atoms with Gasteiger partial charge in [-0.15, -0.1) is 0 Å². The molecule has 1 fully saturated rings. The van der Waals surface area contributed by atoms with Gasteiger partial charge in [0, 0.05) is 12.0 Å². The number of carbonyl (C=O) groups excluding carboxylic acids is 1. The summed E-state index contributed by atoms with van der Waals surface area (Å²) in [6, 6.07) is 0.196. The van der Waals surface area contributed by atoms with Crippen LogP contribution in [0.2, 0.25) is 0 Å². The van der Waals surface area contributed by atoms with Gasteiger partial charge in [-0.25, -0.2) is 0 Å². The van der Waals surface area contributed by atoms with Crippen LogP contribution in [0.25, 0.3) is 0 Å². The monoisotopic (exact) mass is 161 g/mol. The van der Waals surface area contributed by atoms with E-state index in [2.05, 4.69) is 0 Å². The minimum Gasteiger partial charge on any atom is -0.328 e. The van der Waals surface area contributed by atoms with Gasteiger partial charge in [0.1, 0.15) is 0 Å². The van der Waals surface area contributed by atoms with Crippen molar-refractivity contribution in [3.05, 3.63) is 0 Å². The summed E-state index contributed by atoms with van der Waals surface area (Å²) in [4.78, 5) is 10.7. The molecule has 58 valence electrons. The van der Waals surface area contributed by atoms with Crippen molar-refractivity contribution in [1.82, 2.24) is 0 Å². The molecule has 0 saturated heterocycles. The Bertz CT molecular complexity index is 138. The lowest BCUT2D eigenvalue weighted by Crippen LogP contribution is -2.30. The van der Waals surface area contributed by atoms with Crippen LogP contribution in [0.5, 0.6) is 0 Å². The number of hydrogen-bond donors (Lipinski definition) is 1. The van der Waals surface area contributed by atoms with E-state index in [4.69, 9.17) is 17.3 Å². The number of hydrogen-bond acceptors (Lipinski definition) is 2.